The van der Waals surface area contributed by atoms with Crippen molar-refractivity contribution >= 4 is 0 Å². The molecule has 2 N–H and O–H groups in total. The van der Waals surface area contributed by atoms with Crippen molar-refractivity contribution in [2.24, 2.45) is 5.73 Å². The lowest BCUT2D eigenvalue weighted by Crippen LogP contribution is -3.00. The summed E-state index contributed by atoms with van der Waals surface area (Å²) < 4.78 is 1.16. The van der Waals surface area contributed by atoms with E-state index < -0.39 is 0 Å². The molecule has 0 spiro atoms. The summed E-state index contributed by atoms with van der Waals surface area (Å²) in [5.74, 6) is 0. The van der Waals surface area contributed by atoms with Crippen molar-refractivity contribution in [3.05, 3.63) is 0 Å². The number of hydrogen-bond acceptors (Lipinski definition) is 1. The van der Waals surface area contributed by atoms with Crippen LogP contribution in [0.2, 0.25) is 0 Å². The Bertz CT molecular complexity index is 82.2. The van der Waals surface area contributed by atoms with E-state index in [0.29, 0.717) is 0 Å². The molecular formula is C8H21ClN2. The van der Waals surface area contributed by atoms with E-state index in [2.05, 4.69) is 20.9 Å². The monoisotopic (exact) mass is 180 g/mol. The van der Waals surface area contributed by atoms with Gasteiger partial charge in [-0.05, 0) is 20.4 Å². The molecule has 0 saturated carbocycles. The highest BCUT2D eigenvalue weighted by molar-refractivity contribution is 4.38. The van der Waals surface area contributed by atoms with E-state index in [1.165, 1.54) is 19.6 Å². The Balaban J connectivity index is 0. The number of nitrogens with two attached hydrogens (primary N) is 1. The normalized spacial score (nSPS) is 10.9. The van der Waals surface area contributed by atoms with Gasteiger partial charge in [-0.2, -0.15) is 0 Å². The lowest BCUT2D eigenvalue weighted by Gasteiger charge is -2.31. The molecule has 0 heterocycles. The average molecular weight is 181 g/mol. The molecule has 0 saturated heterocycles. The van der Waals surface area contributed by atoms with Crippen LogP contribution in [-0.2, 0) is 0 Å². The van der Waals surface area contributed by atoms with Crippen LogP contribution in [0.5, 0.6) is 0 Å². The van der Waals surface area contributed by atoms with Crippen LogP contribution in [-0.4, -0.2) is 37.7 Å². The number of quaternary nitrogens is 1. The second-order valence-corrected chi connectivity index (χ2v) is 3.12. The van der Waals surface area contributed by atoms with Gasteiger partial charge in [-0.25, -0.2) is 0 Å². The Morgan fingerprint density at radius 2 is 1.64 bits per heavy atom. The van der Waals surface area contributed by atoms with Crippen LogP contribution in [0.1, 0.15) is 20.3 Å². The zero-order valence-corrected chi connectivity index (χ0v) is 8.69. The molecule has 3 heteroatoms. The molecule has 0 aliphatic rings. The molecule has 70 valence electrons. The van der Waals surface area contributed by atoms with Crippen molar-refractivity contribution in [3.8, 4) is 0 Å². The minimum absolute atomic E-state index is 0. The third kappa shape index (κ3) is 5.48. The largest absolute Gasteiger partial charge is 1.00 e. The van der Waals surface area contributed by atoms with E-state index in [9.17, 15) is 0 Å². The summed E-state index contributed by atoms with van der Waals surface area (Å²) in [6, 6.07) is 0. The lowest BCUT2D eigenvalue weighted by molar-refractivity contribution is -0.906. The Morgan fingerprint density at radius 3 is 1.91 bits per heavy atom. The summed E-state index contributed by atoms with van der Waals surface area (Å²) in [6.07, 6.45) is 1.15. The maximum absolute atomic E-state index is 5.44. The van der Waals surface area contributed by atoms with Gasteiger partial charge in [0.25, 0.3) is 0 Å². The first-order valence-electron chi connectivity index (χ1n) is 4.22. The third-order valence-electron chi connectivity index (χ3n) is 2.43. The van der Waals surface area contributed by atoms with Crippen LogP contribution in [0.3, 0.4) is 0 Å². The Labute approximate surface area is 76.8 Å². The lowest BCUT2D eigenvalue weighted by atomic mass is 10.3. The molecule has 0 amide bonds. The average Bonchev–Trinajstić information content (AvgIpc) is 2.00. The van der Waals surface area contributed by atoms with Crippen LogP contribution >= 0.6 is 0 Å². The fraction of sp³-hybridized carbons (Fsp3) is 1.00. The van der Waals surface area contributed by atoms with Crippen molar-refractivity contribution in [2.45, 2.75) is 20.3 Å². The molecule has 0 aliphatic heterocycles. The molecule has 0 radical (unpaired) electrons. The summed E-state index contributed by atoms with van der Waals surface area (Å²) >= 11 is 0. The molecule has 0 rings (SSSR count). The molecule has 0 fully saturated rings. The second kappa shape index (κ2) is 6.89. The third-order valence-corrected chi connectivity index (χ3v) is 2.43. The molecule has 2 nitrogen and oxygen atoms in total. The molecule has 0 atom stereocenters. The molecule has 11 heavy (non-hydrogen) atoms. The van der Waals surface area contributed by atoms with E-state index in [-0.39, 0.29) is 12.4 Å². The predicted octanol–water partition coefficient (Wildman–Crippen LogP) is -2.17. The predicted molar refractivity (Wildman–Crippen MR) is 45.8 cm³/mol. The number of halogens is 1. The van der Waals surface area contributed by atoms with Crippen molar-refractivity contribution in [2.75, 3.05) is 33.2 Å². The molecule has 0 aromatic rings. The van der Waals surface area contributed by atoms with Crippen molar-refractivity contribution in [1.29, 1.82) is 0 Å². The highest BCUT2D eigenvalue weighted by atomic mass is 35.5. The van der Waals surface area contributed by atoms with Crippen molar-refractivity contribution in [3.63, 3.8) is 0 Å². The summed E-state index contributed by atoms with van der Waals surface area (Å²) in [7, 11) is 2.29. The molecule has 0 aromatic heterocycles. The SMILES string of the molecule is CC[N+](C)(CC)CCCN.[Cl-]. The van der Waals surface area contributed by atoms with E-state index in [4.69, 9.17) is 5.73 Å². The highest BCUT2D eigenvalue weighted by Gasteiger charge is 2.14. The minimum atomic E-state index is 0. The number of nitrogens with zero attached hydrogens (tertiary/aromatic N) is 1. The summed E-state index contributed by atoms with van der Waals surface area (Å²) in [5, 5.41) is 0. The van der Waals surface area contributed by atoms with Gasteiger partial charge in [-0.3, -0.25) is 0 Å². The molecule has 0 aromatic carbocycles. The van der Waals surface area contributed by atoms with Gasteiger partial charge < -0.3 is 22.6 Å². The zero-order chi connectivity index (χ0) is 8.04. The van der Waals surface area contributed by atoms with Gasteiger partial charge in [0.2, 0.25) is 0 Å². The van der Waals surface area contributed by atoms with Gasteiger partial charge in [0, 0.05) is 6.42 Å². The molecule has 0 unspecified atom stereocenters. The van der Waals surface area contributed by atoms with Crippen LogP contribution < -0.4 is 18.1 Å². The standard InChI is InChI=1S/C8H21N2.ClH/c1-4-10(3,5-2)8-6-7-9;/h4-9H2,1-3H3;1H/q+1;/p-1. The molecule has 0 aliphatic carbocycles. The first-order valence-corrected chi connectivity index (χ1v) is 4.22. The maximum atomic E-state index is 5.44. The number of hydrogen-bond donors (Lipinski definition) is 1. The van der Waals surface area contributed by atoms with Crippen molar-refractivity contribution in [1.82, 2.24) is 0 Å². The van der Waals surface area contributed by atoms with E-state index in [1.54, 1.807) is 0 Å². The van der Waals surface area contributed by atoms with Gasteiger partial charge >= 0.3 is 0 Å². The Hall–Kier alpha value is 0.210. The molecule has 0 bridgehead atoms. The van der Waals surface area contributed by atoms with Crippen LogP contribution in [0, 0.1) is 0 Å². The smallest absolute Gasteiger partial charge is 0.0796 e. The topological polar surface area (TPSA) is 26.0 Å². The Kier molecular flexibility index (Phi) is 8.63. The first kappa shape index (κ1) is 13.8. The van der Waals surface area contributed by atoms with Crippen LogP contribution in [0.25, 0.3) is 0 Å². The fourth-order valence-corrected chi connectivity index (χ4v) is 1.01. The number of rotatable bonds is 5. The quantitative estimate of drug-likeness (QED) is 0.479. The second-order valence-electron chi connectivity index (χ2n) is 3.12. The summed E-state index contributed by atoms with van der Waals surface area (Å²) in [6.45, 7) is 8.96. The minimum Gasteiger partial charge on any atom is -1.00 e. The Morgan fingerprint density at radius 1 is 1.18 bits per heavy atom. The zero-order valence-electron chi connectivity index (χ0n) is 7.94. The van der Waals surface area contributed by atoms with Crippen molar-refractivity contribution < 1.29 is 16.9 Å². The van der Waals surface area contributed by atoms with Gasteiger partial charge in [-0.15, -0.1) is 0 Å². The van der Waals surface area contributed by atoms with Gasteiger partial charge in [0.15, 0.2) is 0 Å². The highest BCUT2D eigenvalue weighted by Crippen LogP contribution is 2.01. The van der Waals surface area contributed by atoms with Gasteiger partial charge in [0.1, 0.15) is 0 Å². The summed E-state index contributed by atoms with van der Waals surface area (Å²) in [4.78, 5) is 0. The van der Waals surface area contributed by atoms with Gasteiger partial charge in [-0.1, -0.05) is 0 Å². The first-order chi connectivity index (χ1) is 4.68. The molecular weight excluding hydrogens is 160 g/mol. The van der Waals surface area contributed by atoms with Crippen LogP contribution in [0.4, 0.5) is 0 Å². The van der Waals surface area contributed by atoms with E-state index in [0.717, 1.165) is 17.4 Å². The maximum Gasteiger partial charge on any atom is 0.0796 e. The van der Waals surface area contributed by atoms with E-state index in [1.807, 2.05) is 0 Å². The van der Waals surface area contributed by atoms with E-state index >= 15 is 0 Å². The summed E-state index contributed by atoms with van der Waals surface area (Å²) in [5.41, 5.74) is 5.44. The van der Waals surface area contributed by atoms with Gasteiger partial charge in [0.05, 0.1) is 26.7 Å². The van der Waals surface area contributed by atoms with Crippen LogP contribution in [0.15, 0.2) is 0 Å². The fourth-order valence-electron chi connectivity index (χ4n) is 1.01.